The Morgan fingerprint density at radius 1 is 1.46 bits per heavy atom. The summed E-state index contributed by atoms with van der Waals surface area (Å²) in [5.41, 5.74) is 7.26. The van der Waals surface area contributed by atoms with Crippen LogP contribution in [-0.2, 0) is 16.1 Å². The minimum Gasteiger partial charge on any atom is -0.408 e. The summed E-state index contributed by atoms with van der Waals surface area (Å²) in [6.45, 7) is 1.49. The Kier molecular flexibility index (Phi) is 6.13. The minimum atomic E-state index is -0.405. The van der Waals surface area contributed by atoms with Crippen molar-refractivity contribution >= 4 is 22.7 Å². The molecular formula is C16H24N4O4. The molecule has 0 bridgehead atoms. The van der Waals surface area contributed by atoms with Gasteiger partial charge >= 0.3 is 5.76 Å². The molecule has 1 amide bonds. The monoisotopic (exact) mass is 336 g/mol. The quantitative estimate of drug-likeness (QED) is 0.726. The number of carbonyl (C=O) groups excluding carboxylic acids is 1. The van der Waals surface area contributed by atoms with E-state index in [4.69, 9.17) is 14.9 Å². The summed E-state index contributed by atoms with van der Waals surface area (Å²) >= 11 is 0. The lowest BCUT2D eigenvalue weighted by molar-refractivity contribution is -0.118. The maximum atomic E-state index is 12.0. The molecule has 1 aromatic heterocycles. The van der Waals surface area contributed by atoms with Gasteiger partial charge in [-0.25, -0.2) is 4.79 Å². The van der Waals surface area contributed by atoms with Crippen LogP contribution < -0.4 is 16.8 Å². The van der Waals surface area contributed by atoms with Crippen molar-refractivity contribution in [3.63, 3.8) is 0 Å². The predicted molar refractivity (Wildman–Crippen MR) is 92.1 cm³/mol. The number of aromatic nitrogens is 1. The fourth-order valence-corrected chi connectivity index (χ4v) is 2.33. The summed E-state index contributed by atoms with van der Waals surface area (Å²) < 4.78 is 11.9. The maximum absolute atomic E-state index is 12.0. The Morgan fingerprint density at radius 3 is 2.83 bits per heavy atom. The fourth-order valence-electron chi connectivity index (χ4n) is 2.33. The third-order valence-corrected chi connectivity index (χ3v) is 3.73. The molecule has 1 heterocycles. The highest BCUT2D eigenvalue weighted by molar-refractivity contribution is 5.93. The first-order valence-corrected chi connectivity index (χ1v) is 7.75. The standard InChI is InChI=1S/C16H24N4O4/c1-19(2)6-7-20-13-8-11(4-5-14(13)24-16(20)22)18-15(21)9-12(10-17)23-3/h4-5,8,12H,6-7,9-10,17H2,1-3H3,(H,18,21). The summed E-state index contributed by atoms with van der Waals surface area (Å²) in [5, 5.41) is 2.79. The molecule has 24 heavy (non-hydrogen) atoms. The molecule has 0 fully saturated rings. The molecular weight excluding hydrogens is 312 g/mol. The fraction of sp³-hybridized carbons (Fsp3) is 0.500. The SMILES string of the molecule is COC(CN)CC(=O)Nc1ccc2oc(=O)n(CCN(C)C)c2c1. The molecule has 8 nitrogen and oxygen atoms in total. The van der Waals surface area contributed by atoms with E-state index in [0.29, 0.717) is 29.9 Å². The summed E-state index contributed by atoms with van der Waals surface area (Å²) in [6, 6.07) is 5.11. The number of nitrogens with two attached hydrogens (primary N) is 1. The van der Waals surface area contributed by atoms with Gasteiger partial charge in [0.05, 0.1) is 18.0 Å². The first kappa shape index (κ1) is 18.2. The first-order valence-electron chi connectivity index (χ1n) is 7.75. The first-order chi connectivity index (χ1) is 11.4. The number of carbonyl (C=O) groups is 1. The van der Waals surface area contributed by atoms with Crippen molar-refractivity contribution in [2.24, 2.45) is 5.73 Å². The van der Waals surface area contributed by atoms with Crippen molar-refractivity contribution in [2.75, 3.05) is 39.6 Å². The van der Waals surface area contributed by atoms with Crippen LogP contribution in [0.2, 0.25) is 0 Å². The highest BCUT2D eigenvalue weighted by atomic mass is 16.5. The van der Waals surface area contributed by atoms with Gasteiger partial charge in [-0.2, -0.15) is 0 Å². The average Bonchev–Trinajstić information content (AvgIpc) is 2.85. The molecule has 0 saturated heterocycles. The minimum absolute atomic E-state index is 0.170. The number of rotatable bonds is 8. The van der Waals surface area contributed by atoms with Gasteiger partial charge in [0, 0.05) is 32.4 Å². The lowest BCUT2D eigenvalue weighted by atomic mass is 10.2. The molecule has 0 aliphatic carbocycles. The van der Waals surface area contributed by atoms with Gasteiger partial charge in [0.15, 0.2) is 5.58 Å². The number of hydrogen-bond acceptors (Lipinski definition) is 6. The Hall–Kier alpha value is -2.16. The van der Waals surface area contributed by atoms with Crippen LogP contribution in [-0.4, -0.2) is 55.8 Å². The number of amides is 1. The van der Waals surface area contributed by atoms with Crippen LogP contribution in [0.3, 0.4) is 0 Å². The number of oxazole rings is 1. The molecule has 1 atom stereocenters. The summed E-state index contributed by atoms with van der Waals surface area (Å²) in [7, 11) is 5.39. The van der Waals surface area contributed by atoms with Crippen LogP contribution >= 0.6 is 0 Å². The highest BCUT2D eigenvalue weighted by Crippen LogP contribution is 2.19. The number of benzene rings is 1. The molecule has 0 saturated carbocycles. The topological polar surface area (TPSA) is 103 Å². The molecule has 132 valence electrons. The van der Waals surface area contributed by atoms with E-state index < -0.39 is 5.76 Å². The van der Waals surface area contributed by atoms with Gasteiger partial charge in [-0.3, -0.25) is 9.36 Å². The van der Waals surface area contributed by atoms with Crippen LogP contribution in [0.25, 0.3) is 11.1 Å². The zero-order valence-corrected chi connectivity index (χ0v) is 14.2. The lowest BCUT2D eigenvalue weighted by Gasteiger charge is -2.13. The molecule has 1 aromatic carbocycles. The molecule has 3 N–H and O–H groups in total. The molecule has 2 aromatic rings. The number of likely N-dealkylation sites (N-methyl/N-ethyl adjacent to an activating group) is 1. The molecule has 8 heteroatoms. The zero-order valence-electron chi connectivity index (χ0n) is 14.2. The van der Waals surface area contributed by atoms with Crippen molar-refractivity contribution < 1.29 is 13.9 Å². The van der Waals surface area contributed by atoms with Crippen LogP contribution in [0.1, 0.15) is 6.42 Å². The van der Waals surface area contributed by atoms with Crippen molar-refractivity contribution in [2.45, 2.75) is 19.1 Å². The predicted octanol–water partition coefficient (Wildman–Crippen LogP) is 0.458. The van der Waals surface area contributed by atoms with Gasteiger partial charge in [-0.15, -0.1) is 0 Å². The highest BCUT2D eigenvalue weighted by Gasteiger charge is 2.14. The van der Waals surface area contributed by atoms with Crippen molar-refractivity contribution in [3.8, 4) is 0 Å². The van der Waals surface area contributed by atoms with Gasteiger partial charge in [0.2, 0.25) is 5.91 Å². The Morgan fingerprint density at radius 2 is 2.21 bits per heavy atom. The van der Waals surface area contributed by atoms with E-state index in [-0.39, 0.29) is 25.0 Å². The van der Waals surface area contributed by atoms with E-state index in [9.17, 15) is 9.59 Å². The normalized spacial score (nSPS) is 12.7. The van der Waals surface area contributed by atoms with Crippen LogP contribution in [0.4, 0.5) is 5.69 Å². The smallest absolute Gasteiger partial charge is 0.408 e. The van der Waals surface area contributed by atoms with Gasteiger partial charge < -0.3 is 25.1 Å². The van der Waals surface area contributed by atoms with E-state index in [1.165, 1.54) is 7.11 Å². The van der Waals surface area contributed by atoms with Crippen molar-refractivity contribution in [1.82, 2.24) is 9.47 Å². The lowest BCUT2D eigenvalue weighted by Crippen LogP contribution is -2.28. The summed E-state index contributed by atoms with van der Waals surface area (Å²) in [6.07, 6.45) is -0.148. The molecule has 0 radical (unpaired) electrons. The van der Waals surface area contributed by atoms with Gasteiger partial charge in [-0.05, 0) is 32.3 Å². The summed E-state index contributed by atoms with van der Waals surface area (Å²) in [5.74, 6) is -0.602. The van der Waals surface area contributed by atoms with E-state index in [0.717, 1.165) is 0 Å². The number of ether oxygens (including phenoxy) is 1. The van der Waals surface area contributed by atoms with E-state index in [1.807, 2.05) is 19.0 Å². The zero-order chi connectivity index (χ0) is 17.7. The van der Waals surface area contributed by atoms with E-state index in [1.54, 1.807) is 22.8 Å². The molecule has 0 spiro atoms. The molecule has 1 unspecified atom stereocenters. The second-order valence-electron chi connectivity index (χ2n) is 5.85. The number of fused-ring (bicyclic) bond motifs is 1. The second kappa shape index (κ2) is 8.09. The Balaban J connectivity index is 2.19. The number of nitrogens with zero attached hydrogens (tertiary/aromatic N) is 2. The third kappa shape index (κ3) is 4.44. The van der Waals surface area contributed by atoms with E-state index in [2.05, 4.69) is 5.32 Å². The number of anilines is 1. The van der Waals surface area contributed by atoms with E-state index >= 15 is 0 Å². The largest absolute Gasteiger partial charge is 0.419 e. The van der Waals surface area contributed by atoms with Crippen LogP contribution in [0, 0.1) is 0 Å². The number of nitrogens with one attached hydrogen (secondary N) is 1. The van der Waals surface area contributed by atoms with Crippen LogP contribution in [0.5, 0.6) is 0 Å². The van der Waals surface area contributed by atoms with Crippen molar-refractivity contribution in [1.29, 1.82) is 0 Å². The number of methoxy groups -OCH3 is 1. The molecule has 2 rings (SSSR count). The molecule has 0 aliphatic heterocycles. The summed E-state index contributed by atoms with van der Waals surface area (Å²) in [4.78, 5) is 26.0. The van der Waals surface area contributed by atoms with Crippen molar-refractivity contribution in [3.05, 3.63) is 28.7 Å². The second-order valence-corrected chi connectivity index (χ2v) is 5.85. The van der Waals surface area contributed by atoms with Gasteiger partial charge in [-0.1, -0.05) is 0 Å². The average molecular weight is 336 g/mol. The Labute approximate surface area is 140 Å². The molecule has 0 aliphatic rings. The number of hydrogen-bond donors (Lipinski definition) is 2. The third-order valence-electron chi connectivity index (χ3n) is 3.73. The maximum Gasteiger partial charge on any atom is 0.419 e. The van der Waals surface area contributed by atoms with Gasteiger partial charge in [0.25, 0.3) is 0 Å². The van der Waals surface area contributed by atoms with Crippen LogP contribution in [0.15, 0.2) is 27.4 Å². The van der Waals surface area contributed by atoms with Gasteiger partial charge in [0.1, 0.15) is 0 Å². The Bertz CT molecular complexity index is 746.